The van der Waals surface area contributed by atoms with Crippen molar-refractivity contribution in [3.05, 3.63) is 33.3 Å². The van der Waals surface area contributed by atoms with E-state index in [2.05, 4.69) is 0 Å². The molecular weight excluding hydrogens is 288 g/mol. The number of esters is 1. The Kier molecular flexibility index (Phi) is 5.29. The molecule has 110 valence electrons. The third-order valence-corrected chi connectivity index (χ3v) is 2.62. The number of nitro groups is 1. The lowest BCUT2D eigenvalue weighted by atomic mass is 10.1. The molecule has 20 heavy (non-hydrogen) atoms. The molecule has 1 unspecified atom stereocenters. The molecule has 0 aliphatic heterocycles. The second kappa shape index (κ2) is 6.53. The largest absolute Gasteiger partial charge is 0.484 e. The first-order chi connectivity index (χ1) is 9.27. The number of benzene rings is 1. The summed E-state index contributed by atoms with van der Waals surface area (Å²) in [5, 5.41) is 11.1. The minimum atomic E-state index is -1.41. The van der Waals surface area contributed by atoms with Crippen LogP contribution < -0.4 is 10.5 Å². The van der Waals surface area contributed by atoms with E-state index in [-0.39, 0.29) is 29.7 Å². The van der Waals surface area contributed by atoms with E-state index in [1.54, 1.807) is 6.92 Å². The smallest absolute Gasteiger partial charge is 0.329 e. The van der Waals surface area contributed by atoms with E-state index in [4.69, 9.17) is 26.8 Å². The summed E-state index contributed by atoms with van der Waals surface area (Å²) < 4.78 is 10.1. The number of halogens is 1. The van der Waals surface area contributed by atoms with Crippen LogP contribution in [0, 0.1) is 10.1 Å². The molecule has 2 N–H and O–H groups in total. The maximum absolute atomic E-state index is 11.6. The van der Waals surface area contributed by atoms with Crippen LogP contribution in [-0.4, -0.2) is 29.6 Å². The Morgan fingerprint density at radius 2 is 2.20 bits per heavy atom. The van der Waals surface area contributed by atoms with E-state index in [0.717, 1.165) is 0 Å². The van der Waals surface area contributed by atoms with Crippen molar-refractivity contribution < 1.29 is 19.2 Å². The van der Waals surface area contributed by atoms with Gasteiger partial charge in [-0.25, -0.2) is 4.79 Å². The average molecular weight is 303 g/mol. The Morgan fingerprint density at radius 1 is 1.55 bits per heavy atom. The number of carbonyl (C=O) groups is 1. The SMILES string of the molecule is CCOC(=O)C(C)(N)COc1cc(Cl)ccc1[N+](=O)[O-]. The van der Waals surface area contributed by atoms with Gasteiger partial charge in [0.15, 0.2) is 5.75 Å². The van der Waals surface area contributed by atoms with Gasteiger partial charge in [0.2, 0.25) is 0 Å². The molecule has 1 aromatic rings. The molecule has 7 nitrogen and oxygen atoms in total. The van der Waals surface area contributed by atoms with Crippen molar-refractivity contribution >= 4 is 23.3 Å². The maximum atomic E-state index is 11.6. The van der Waals surface area contributed by atoms with Crippen LogP contribution in [0.4, 0.5) is 5.69 Å². The summed E-state index contributed by atoms with van der Waals surface area (Å²) in [5.41, 5.74) is 4.09. The molecule has 0 saturated heterocycles. The highest BCUT2D eigenvalue weighted by atomic mass is 35.5. The second-order valence-corrected chi connectivity index (χ2v) is 4.73. The Balaban J connectivity index is 2.86. The van der Waals surface area contributed by atoms with Gasteiger partial charge in [-0.2, -0.15) is 0 Å². The van der Waals surface area contributed by atoms with E-state index >= 15 is 0 Å². The summed E-state index contributed by atoms with van der Waals surface area (Å²) in [4.78, 5) is 21.8. The van der Waals surface area contributed by atoms with Gasteiger partial charge in [0.25, 0.3) is 0 Å². The average Bonchev–Trinajstić information content (AvgIpc) is 2.36. The second-order valence-electron chi connectivity index (χ2n) is 4.30. The van der Waals surface area contributed by atoms with Gasteiger partial charge >= 0.3 is 11.7 Å². The molecule has 0 aliphatic rings. The van der Waals surface area contributed by atoms with Gasteiger partial charge in [-0.05, 0) is 19.9 Å². The lowest BCUT2D eigenvalue weighted by Crippen LogP contribution is -2.51. The summed E-state index contributed by atoms with van der Waals surface area (Å²) in [6, 6.07) is 3.89. The van der Waals surface area contributed by atoms with E-state index in [1.165, 1.54) is 25.1 Å². The van der Waals surface area contributed by atoms with Gasteiger partial charge in [0.1, 0.15) is 12.1 Å². The molecule has 0 bridgehead atoms. The maximum Gasteiger partial charge on any atom is 0.329 e. The Labute approximate surface area is 120 Å². The van der Waals surface area contributed by atoms with Crippen LogP contribution in [0.5, 0.6) is 5.75 Å². The molecule has 0 saturated carbocycles. The quantitative estimate of drug-likeness (QED) is 0.489. The minimum Gasteiger partial charge on any atom is -0.484 e. The number of nitrogens with two attached hydrogens (primary N) is 1. The van der Waals surface area contributed by atoms with Gasteiger partial charge in [0.05, 0.1) is 11.5 Å². The van der Waals surface area contributed by atoms with Crippen LogP contribution in [0.25, 0.3) is 0 Å². The van der Waals surface area contributed by atoms with Crippen LogP contribution in [-0.2, 0) is 9.53 Å². The number of hydrogen-bond donors (Lipinski definition) is 1. The molecule has 0 radical (unpaired) electrons. The zero-order valence-electron chi connectivity index (χ0n) is 11.1. The van der Waals surface area contributed by atoms with Crippen LogP contribution in [0.3, 0.4) is 0 Å². The third kappa shape index (κ3) is 4.07. The molecule has 0 aromatic heterocycles. The molecule has 1 aromatic carbocycles. The van der Waals surface area contributed by atoms with Crippen molar-refractivity contribution in [2.75, 3.05) is 13.2 Å². The number of ether oxygens (including phenoxy) is 2. The fourth-order valence-electron chi connectivity index (χ4n) is 1.34. The number of rotatable bonds is 6. The summed E-state index contributed by atoms with van der Waals surface area (Å²) in [7, 11) is 0. The monoisotopic (exact) mass is 302 g/mol. The molecule has 0 amide bonds. The highest BCUT2D eigenvalue weighted by molar-refractivity contribution is 6.30. The lowest BCUT2D eigenvalue weighted by Gasteiger charge is -2.22. The fraction of sp³-hybridized carbons (Fsp3) is 0.417. The Morgan fingerprint density at radius 3 is 2.75 bits per heavy atom. The Hall–Kier alpha value is -1.86. The number of nitro benzene ring substituents is 1. The van der Waals surface area contributed by atoms with Crippen LogP contribution >= 0.6 is 11.6 Å². The zero-order valence-corrected chi connectivity index (χ0v) is 11.8. The van der Waals surface area contributed by atoms with Gasteiger partial charge in [-0.15, -0.1) is 0 Å². The van der Waals surface area contributed by atoms with Crippen LogP contribution in [0.2, 0.25) is 5.02 Å². The van der Waals surface area contributed by atoms with Crippen molar-refractivity contribution in [2.24, 2.45) is 5.73 Å². The highest BCUT2D eigenvalue weighted by Gasteiger charge is 2.32. The predicted octanol–water partition coefficient (Wildman–Crippen LogP) is 1.91. The molecule has 1 rings (SSSR count). The molecular formula is C12H15ClN2O5. The normalized spacial score (nSPS) is 13.4. The summed E-state index contributed by atoms with van der Waals surface area (Å²) >= 11 is 5.76. The standard InChI is InChI=1S/C12H15ClN2O5/c1-3-19-11(16)12(2,14)7-20-10-6-8(13)4-5-9(10)15(17)18/h4-6H,3,7,14H2,1-2H3. The molecule has 0 aliphatic carbocycles. The first kappa shape index (κ1) is 16.2. The third-order valence-electron chi connectivity index (χ3n) is 2.39. The first-order valence-corrected chi connectivity index (χ1v) is 6.18. The van der Waals surface area contributed by atoms with E-state index in [0.29, 0.717) is 0 Å². The van der Waals surface area contributed by atoms with Gasteiger partial charge < -0.3 is 15.2 Å². The number of carbonyl (C=O) groups excluding carboxylic acids is 1. The van der Waals surface area contributed by atoms with Crippen molar-refractivity contribution in [3.8, 4) is 5.75 Å². The van der Waals surface area contributed by atoms with Crippen molar-refractivity contribution in [1.29, 1.82) is 0 Å². The molecule has 0 spiro atoms. The molecule has 1 atom stereocenters. The first-order valence-electron chi connectivity index (χ1n) is 5.80. The summed E-state index contributed by atoms with van der Waals surface area (Å²) in [6.07, 6.45) is 0. The topological polar surface area (TPSA) is 105 Å². The number of hydrogen-bond acceptors (Lipinski definition) is 6. The Bertz CT molecular complexity index is 519. The number of nitrogens with zero attached hydrogens (tertiary/aromatic N) is 1. The minimum absolute atomic E-state index is 0.0523. The van der Waals surface area contributed by atoms with Crippen LogP contribution in [0.1, 0.15) is 13.8 Å². The summed E-state index contributed by atoms with van der Waals surface area (Å²) in [6.45, 7) is 2.98. The fourth-order valence-corrected chi connectivity index (χ4v) is 1.50. The molecule has 8 heteroatoms. The van der Waals surface area contributed by atoms with Crippen molar-refractivity contribution in [2.45, 2.75) is 19.4 Å². The van der Waals surface area contributed by atoms with Gasteiger partial charge in [-0.3, -0.25) is 10.1 Å². The van der Waals surface area contributed by atoms with Crippen molar-refractivity contribution in [3.63, 3.8) is 0 Å². The predicted molar refractivity (Wildman–Crippen MR) is 72.8 cm³/mol. The van der Waals surface area contributed by atoms with Crippen molar-refractivity contribution in [1.82, 2.24) is 0 Å². The molecule has 0 heterocycles. The van der Waals surface area contributed by atoms with Crippen LogP contribution in [0.15, 0.2) is 18.2 Å². The summed E-state index contributed by atoms with van der Waals surface area (Å²) in [5.74, 6) is -0.701. The van der Waals surface area contributed by atoms with E-state index in [1.807, 2.05) is 0 Å². The molecule has 0 fully saturated rings. The zero-order chi connectivity index (χ0) is 15.3. The van der Waals surface area contributed by atoms with E-state index < -0.39 is 16.4 Å². The van der Waals surface area contributed by atoms with E-state index in [9.17, 15) is 14.9 Å². The lowest BCUT2D eigenvalue weighted by molar-refractivity contribution is -0.385. The van der Waals surface area contributed by atoms with Gasteiger partial charge in [0, 0.05) is 17.2 Å². The van der Waals surface area contributed by atoms with Gasteiger partial charge in [-0.1, -0.05) is 11.6 Å². The highest BCUT2D eigenvalue weighted by Crippen LogP contribution is 2.30.